The van der Waals surface area contributed by atoms with Gasteiger partial charge in [0.1, 0.15) is 11.3 Å². The smallest absolute Gasteiger partial charge is 0.323 e. The number of nitrogens with two attached hydrogens (primary N) is 1. The van der Waals surface area contributed by atoms with Crippen LogP contribution in [0.25, 0.3) is 22.0 Å². The molecule has 3 aromatic carbocycles. The number of aryl methyl sites for hydroxylation is 2. The van der Waals surface area contributed by atoms with Gasteiger partial charge in [0.25, 0.3) is 0 Å². The number of hydrogen-bond acceptors (Lipinski definition) is 4. The Labute approximate surface area is 209 Å². The first-order chi connectivity index (χ1) is 17.6. The molecule has 182 valence electrons. The second-order valence-electron chi connectivity index (χ2n) is 8.62. The maximum atomic E-state index is 12.4. The van der Waals surface area contributed by atoms with Crippen molar-refractivity contribution in [3.8, 4) is 16.9 Å². The van der Waals surface area contributed by atoms with E-state index in [1.807, 2.05) is 92.1 Å². The molecule has 0 radical (unpaired) electrons. The van der Waals surface area contributed by atoms with Crippen LogP contribution in [-0.4, -0.2) is 27.4 Å². The van der Waals surface area contributed by atoms with E-state index in [2.05, 4.69) is 25.4 Å². The van der Waals surface area contributed by atoms with E-state index in [1.54, 1.807) is 0 Å². The van der Waals surface area contributed by atoms with Crippen molar-refractivity contribution in [1.82, 2.24) is 14.8 Å². The Morgan fingerprint density at radius 1 is 1.00 bits per heavy atom. The van der Waals surface area contributed by atoms with Crippen molar-refractivity contribution in [2.75, 3.05) is 23.0 Å². The van der Waals surface area contributed by atoms with E-state index in [9.17, 15) is 4.79 Å². The molecule has 0 aliphatic heterocycles. The van der Waals surface area contributed by atoms with Gasteiger partial charge in [-0.3, -0.25) is 5.10 Å². The SMILES string of the molecule is Cc1cccc(NC(=O)Nc2ccc(-c3ccc(OCCCn4cccc4)c4[nH]nc(N)c34)cc2)c1. The molecular weight excluding hydrogens is 452 g/mol. The third kappa shape index (κ3) is 5.17. The van der Waals surface area contributed by atoms with Crippen molar-refractivity contribution in [3.63, 3.8) is 0 Å². The van der Waals surface area contributed by atoms with E-state index >= 15 is 0 Å². The van der Waals surface area contributed by atoms with E-state index < -0.39 is 0 Å². The quantitative estimate of drug-likeness (QED) is 0.203. The number of carbonyl (C=O) groups is 1. The summed E-state index contributed by atoms with van der Waals surface area (Å²) in [6, 6.07) is 22.9. The van der Waals surface area contributed by atoms with Crippen molar-refractivity contribution in [3.05, 3.63) is 90.8 Å². The molecule has 2 aromatic heterocycles. The Hall–Kier alpha value is -4.72. The van der Waals surface area contributed by atoms with Crippen LogP contribution in [0.5, 0.6) is 5.75 Å². The third-order valence-electron chi connectivity index (χ3n) is 5.93. The summed E-state index contributed by atoms with van der Waals surface area (Å²) in [5, 5.41) is 13.8. The fraction of sp³-hybridized carbons (Fsp3) is 0.143. The lowest BCUT2D eigenvalue weighted by atomic mass is 10.0. The molecule has 0 atom stereocenters. The first-order valence-corrected chi connectivity index (χ1v) is 11.8. The lowest BCUT2D eigenvalue weighted by Gasteiger charge is -2.12. The van der Waals surface area contributed by atoms with Crippen LogP contribution in [0.4, 0.5) is 22.0 Å². The molecule has 0 saturated heterocycles. The summed E-state index contributed by atoms with van der Waals surface area (Å²) in [5.74, 6) is 1.13. The molecule has 0 spiro atoms. The highest BCUT2D eigenvalue weighted by Gasteiger charge is 2.15. The minimum Gasteiger partial charge on any atom is -0.491 e. The van der Waals surface area contributed by atoms with Gasteiger partial charge in [-0.25, -0.2) is 4.79 Å². The Morgan fingerprint density at radius 2 is 1.78 bits per heavy atom. The summed E-state index contributed by atoms with van der Waals surface area (Å²) in [7, 11) is 0. The molecule has 36 heavy (non-hydrogen) atoms. The zero-order chi connectivity index (χ0) is 24.9. The zero-order valence-electron chi connectivity index (χ0n) is 20.0. The number of ether oxygens (including phenoxy) is 1. The standard InChI is InChI=1S/C28H28N6O2/c1-19-6-4-7-22(18-19)31-28(35)30-21-10-8-20(9-11-21)23-12-13-24(26-25(23)27(29)33-32-26)36-17-5-16-34-14-2-3-15-34/h2-4,6-15,18H,5,16-17H2,1H3,(H3,29,32,33)(H2,30,31,35). The number of urea groups is 1. The van der Waals surface area contributed by atoms with Gasteiger partial charge in [-0.1, -0.05) is 24.3 Å². The van der Waals surface area contributed by atoms with Gasteiger partial charge < -0.3 is 25.7 Å². The Bertz CT molecular complexity index is 1470. The first-order valence-electron chi connectivity index (χ1n) is 11.8. The number of rotatable bonds is 8. The molecule has 0 saturated carbocycles. The van der Waals surface area contributed by atoms with Crippen LogP contribution in [0.3, 0.4) is 0 Å². The number of H-pyrrole nitrogens is 1. The molecule has 5 rings (SSSR count). The molecule has 5 N–H and O–H groups in total. The molecule has 5 aromatic rings. The number of hydrogen-bond donors (Lipinski definition) is 4. The Morgan fingerprint density at radius 3 is 2.56 bits per heavy atom. The van der Waals surface area contributed by atoms with Crippen molar-refractivity contribution < 1.29 is 9.53 Å². The minimum atomic E-state index is -0.298. The van der Waals surface area contributed by atoms with E-state index in [-0.39, 0.29) is 6.03 Å². The van der Waals surface area contributed by atoms with Crippen LogP contribution >= 0.6 is 0 Å². The number of nitrogen functional groups attached to an aromatic ring is 1. The molecule has 0 aliphatic carbocycles. The van der Waals surface area contributed by atoms with Crippen molar-refractivity contribution in [1.29, 1.82) is 0 Å². The van der Waals surface area contributed by atoms with Gasteiger partial charge in [-0.2, -0.15) is 5.10 Å². The van der Waals surface area contributed by atoms with Crippen LogP contribution in [0.1, 0.15) is 12.0 Å². The average Bonchev–Trinajstić information content (AvgIpc) is 3.53. The number of fused-ring (bicyclic) bond motifs is 1. The summed E-state index contributed by atoms with van der Waals surface area (Å²) < 4.78 is 8.17. The lowest BCUT2D eigenvalue weighted by Crippen LogP contribution is -2.19. The highest BCUT2D eigenvalue weighted by atomic mass is 16.5. The summed E-state index contributed by atoms with van der Waals surface area (Å²) in [6.45, 7) is 3.45. The fourth-order valence-corrected chi connectivity index (χ4v) is 4.19. The minimum absolute atomic E-state index is 0.298. The van der Waals surface area contributed by atoms with E-state index in [1.165, 1.54) is 0 Å². The number of aromatic amines is 1. The van der Waals surface area contributed by atoms with Gasteiger partial charge >= 0.3 is 6.03 Å². The summed E-state index contributed by atoms with van der Waals surface area (Å²) in [5.41, 5.74) is 11.4. The maximum Gasteiger partial charge on any atom is 0.323 e. The highest BCUT2D eigenvalue weighted by molar-refractivity contribution is 6.04. The predicted octanol–water partition coefficient (Wildman–Crippen LogP) is 6.04. The number of carbonyl (C=O) groups excluding carboxylic acids is 1. The summed E-state index contributed by atoms with van der Waals surface area (Å²) in [4.78, 5) is 12.4. The maximum absolute atomic E-state index is 12.4. The van der Waals surface area contributed by atoms with Crippen molar-refractivity contribution in [2.45, 2.75) is 19.9 Å². The number of nitrogens with zero attached hydrogens (tertiary/aromatic N) is 2. The van der Waals surface area contributed by atoms with E-state index in [4.69, 9.17) is 10.5 Å². The Kier molecular flexibility index (Phi) is 6.57. The van der Waals surface area contributed by atoms with Crippen molar-refractivity contribution >= 4 is 34.1 Å². The molecule has 0 bridgehead atoms. The monoisotopic (exact) mass is 480 g/mol. The number of benzene rings is 3. The van der Waals surface area contributed by atoms with Gasteiger partial charge in [0.15, 0.2) is 5.82 Å². The van der Waals surface area contributed by atoms with Crippen LogP contribution in [0.15, 0.2) is 85.2 Å². The molecule has 0 unspecified atom stereocenters. The van der Waals surface area contributed by atoms with Gasteiger partial charge in [-0.15, -0.1) is 0 Å². The number of anilines is 3. The van der Waals surface area contributed by atoms with Crippen LogP contribution < -0.4 is 21.1 Å². The topological polar surface area (TPSA) is 110 Å². The lowest BCUT2D eigenvalue weighted by molar-refractivity contribution is 0.262. The first kappa shape index (κ1) is 23.0. The van der Waals surface area contributed by atoms with Gasteiger partial charge in [-0.05, 0) is 78.6 Å². The molecular formula is C28H28N6O2. The van der Waals surface area contributed by atoms with E-state index in [0.29, 0.717) is 18.1 Å². The molecule has 8 nitrogen and oxygen atoms in total. The predicted molar refractivity (Wildman–Crippen MR) is 144 cm³/mol. The van der Waals surface area contributed by atoms with Gasteiger partial charge in [0.05, 0.1) is 12.0 Å². The number of amides is 2. The molecule has 2 amide bonds. The summed E-state index contributed by atoms with van der Waals surface area (Å²) >= 11 is 0. The molecule has 8 heteroatoms. The van der Waals surface area contributed by atoms with Crippen molar-refractivity contribution in [2.24, 2.45) is 0 Å². The Balaban J connectivity index is 1.27. The second-order valence-corrected chi connectivity index (χ2v) is 8.62. The number of nitrogens with one attached hydrogen (secondary N) is 3. The molecule has 2 heterocycles. The largest absolute Gasteiger partial charge is 0.491 e. The van der Waals surface area contributed by atoms with Gasteiger partial charge in [0.2, 0.25) is 0 Å². The molecule has 0 fully saturated rings. The highest BCUT2D eigenvalue weighted by Crippen LogP contribution is 2.36. The summed E-state index contributed by atoms with van der Waals surface area (Å²) in [6.07, 6.45) is 4.97. The van der Waals surface area contributed by atoms with E-state index in [0.717, 1.165) is 52.0 Å². The zero-order valence-corrected chi connectivity index (χ0v) is 20.0. The molecule has 0 aliphatic rings. The normalized spacial score (nSPS) is 10.9. The fourth-order valence-electron chi connectivity index (χ4n) is 4.19. The number of aromatic nitrogens is 3. The van der Waals surface area contributed by atoms with Crippen LogP contribution in [0, 0.1) is 6.92 Å². The van der Waals surface area contributed by atoms with Gasteiger partial charge in [0, 0.05) is 30.3 Å². The van der Waals surface area contributed by atoms with Crippen LogP contribution in [-0.2, 0) is 6.54 Å². The third-order valence-corrected chi connectivity index (χ3v) is 5.93. The van der Waals surface area contributed by atoms with Crippen LogP contribution in [0.2, 0.25) is 0 Å². The second kappa shape index (κ2) is 10.3. The average molecular weight is 481 g/mol.